The van der Waals surface area contributed by atoms with Crippen molar-refractivity contribution in [2.24, 2.45) is 0 Å². The van der Waals surface area contributed by atoms with Gasteiger partial charge in [-0.25, -0.2) is 9.18 Å². The van der Waals surface area contributed by atoms with Crippen LogP contribution in [-0.4, -0.2) is 55.3 Å². The Bertz CT molecular complexity index is 1110. The zero-order valence-corrected chi connectivity index (χ0v) is 18.4. The molecule has 1 aliphatic rings. The number of carbonyl (C=O) groups is 3. The second-order valence-electron chi connectivity index (χ2n) is 7.46. The Morgan fingerprint density at radius 3 is 2.30 bits per heavy atom. The first-order valence-electron chi connectivity index (χ1n) is 10.0. The van der Waals surface area contributed by atoms with Crippen molar-refractivity contribution in [1.82, 2.24) is 0 Å². The third kappa shape index (κ3) is 5.86. The third-order valence-corrected chi connectivity index (χ3v) is 4.80. The highest BCUT2D eigenvalue weighted by Crippen LogP contribution is 2.31. The molecule has 2 heterocycles. The van der Waals surface area contributed by atoms with Crippen molar-refractivity contribution in [3.05, 3.63) is 40.2 Å². The summed E-state index contributed by atoms with van der Waals surface area (Å²) in [6.45, 7) is 4.60. The zero-order chi connectivity index (χ0) is 24.3. The molecule has 2 aromatic rings. The van der Waals surface area contributed by atoms with E-state index in [-0.39, 0.29) is 11.3 Å². The van der Waals surface area contributed by atoms with Crippen LogP contribution in [0.5, 0.6) is 5.75 Å². The summed E-state index contributed by atoms with van der Waals surface area (Å²) >= 11 is 0. The quantitative estimate of drug-likeness (QED) is 0.354. The van der Waals surface area contributed by atoms with E-state index in [4.69, 9.17) is 28.1 Å². The molecule has 0 aliphatic carbocycles. The van der Waals surface area contributed by atoms with Crippen molar-refractivity contribution in [2.75, 3.05) is 6.61 Å². The monoisotopic (exact) mass is 466 g/mol. The minimum absolute atomic E-state index is 0.128. The van der Waals surface area contributed by atoms with Crippen LogP contribution >= 0.6 is 0 Å². The normalized spacial score (nSPS) is 24.7. The molecule has 1 aromatic carbocycles. The van der Waals surface area contributed by atoms with Gasteiger partial charge in [-0.3, -0.25) is 14.4 Å². The van der Waals surface area contributed by atoms with Gasteiger partial charge >= 0.3 is 23.5 Å². The SMILES string of the molecule is CC(=O)OC[C@H]1O[C@@H](Oc2ccc3c(C)cc(=O)oc3c2)[C@H](OC(C)=O)[C@@H](F)[C@H]1OC(C)=O. The van der Waals surface area contributed by atoms with Crippen LogP contribution in [-0.2, 0) is 33.3 Å². The number of benzene rings is 1. The van der Waals surface area contributed by atoms with Crippen LogP contribution in [0.3, 0.4) is 0 Å². The van der Waals surface area contributed by atoms with Crippen LogP contribution < -0.4 is 10.4 Å². The number of esters is 3. The number of carbonyl (C=O) groups excluding carboxylic acids is 3. The van der Waals surface area contributed by atoms with Gasteiger partial charge in [0.15, 0.2) is 18.4 Å². The molecule has 0 N–H and O–H groups in total. The summed E-state index contributed by atoms with van der Waals surface area (Å²) in [6.07, 6.45) is -7.93. The first-order valence-corrected chi connectivity index (χ1v) is 10.0. The van der Waals surface area contributed by atoms with E-state index in [1.807, 2.05) is 0 Å². The van der Waals surface area contributed by atoms with Gasteiger partial charge in [0.1, 0.15) is 24.0 Å². The van der Waals surface area contributed by atoms with E-state index in [9.17, 15) is 19.2 Å². The molecule has 0 unspecified atom stereocenters. The maximum absolute atomic E-state index is 15.4. The highest BCUT2D eigenvalue weighted by Gasteiger charge is 2.52. The molecule has 1 saturated heterocycles. The number of halogens is 1. The van der Waals surface area contributed by atoms with Crippen molar-refractivity contribution in [2.45, 2.75) is 58.5 Å². The first kappa shape index (κ1) is 24.2. The lowest BCUT2D eigenvalue weighted by atomic mass is 10.00. The number of aryl methyl sites for hydroxylation is 1. The standard InChI is InChI=1S/C22H23FO10/c1-10-7-18(27)32-16-8-14(5-6-15(10)16)31-22-21(30-13(4)26)19(23)20(29-12(3)25)17(33-22)9-28-11(2)24/h5-8,17,19-22H,9H2,1-4H3/t17-,19+,20+,21-,22-/m1/s1. The molecule has 1 aliphatic heterocycles. The van der Waals surface area contributed by atoms with E-state index in [1.165, 1.54) is 18.2 Å². The minimum atomic E-state index is -2.06. The molecule has 33 heavy (non-hydrogen) atoms. The van der Waals surface area contributed by atoms with E-state index in [0.29, 0.717) is 10.9 Å². The molecular weight excluding hydrogens is 443 g/mol. The summed E-state index contributed by atoms with van der Waals surface area (Å²) in [5.41, 5.74) is 0.357. The van der Waals surface area contributed by atoms with Gasteiger partial charge in [-0.15, -0.1) is 0 Å². The van der Waals surface area contributed by atoms with Gasteiger partial charge in [0, 0.05) is 38.3 Å². The van der Waals surface area contributed by atoms with Crippen LogP contribution in [0.1, 0.15) is 26.3 Å². The van der Waals surface area contributed by atoms with Crippen LogP contribution in [0.2, 0.25) is 0 Å². The lowest BCUT2D eigenvalue weighted by Crippen LogP contribution is -2.61. The maximum Gasteiger partial charge on any atom is 0.336 e. The van der Waals surface area contributed by atoms with Crippen molar-refractivity contribution in [3.8, 4) is 5.75 Å². The van der Waals surface area contributed by atoms with Crippen LogP contribution in [0.25, 0.3) is 11.0 Å². The Morgan fingerprint density at radius 2 is 1.67 bits per heavy atom. The van der Waals surface area contributed by atoms with Gasteiger partial charge < -0.3 is 28.1 Å². The summed E-state index contributed by atoms with van der Waals surface area (Å²) < 4.78 is 47.0. The van der Waals surface area contributed by atoms with E-state index >= 15 is 4.39 Å². The van der Waals surface area contributed by atoms with E-state index < -0.39 is 60.9 Å². The van der Waals surface area contributed by atoms with Gasteiger partial charge in [0.25, 0.3) is 0 Å². The minimum Gasteiger partial charge on any atom is -0.463 e. The predicted molar refractivity (Wildman–Crippen MR) is 109 cm³/mol. The van der Waals surface area contributed by atoms with Crippen LogP contribution in [0.15, 0.2) is 33.5 Å². The Balaban J connectivity index is 1.93. The van der Waals surface area contributed by atoms with E-state index in [1.54, 1.807) is 13.0 Å². The van der Waals surface area contributed by atoms with Gasteiger partial charge in [0.05, 0.1) is 0 Å². The molecule has 1 aromatic heterocycles. The van der Waals surface area contributed by atoms with Crippen LogP contribution in [0, 0.1) is 6.92 Å². The Labute approximate surface area is 187 Å². The Hall–Kier alpha value is -3.47. The fourth-order valence-corrected chi connectivity index (χ4v) is 3.46. The second-order valence-corrected chi connectivity index (χ2v) is 7.46. The van der Waals surface area contributed by atoms with Crippen molar-refractivity contribution in [3.63, 3.8) is 0 Å². The Kier molecular flexibility index (Phi) is 7.32. The Morgan fingerprint density at radius 1 is 1.00 bits per heavy atom. The number of fused-ring (bicyclic) bond motifs is 1. The summed E-state index contributed by atoms with van der Waals surface area (Å²) in [5, 5.41) is 0.661. The lowest BCUT2D eigenvalue weighted by molar-refractivity contribution is -0.274. The number of hydrogen-bond acceptors (Lipinski definition) is 10. The molecule has 0 radical (unpaired) electrons. The second kappa shape index (κ2) is 9.99. The highest BCUT2D eigenvalue weighted by atomic mass is 19.1. The van der Waals surface area contributed by atoms with E-state index in [2.05, 4.69) is 0 Å². The van der Waals surface area contributed by atoms with Crippen molar-refractivity contribution in [1.29, 1.82) is 0 Å². The molecule has 0 amide bonds. The van der Waals surface area contributed by atoms with E-state index in [0.717, 1.165) is 20.8 Å². The largest absolute Gasteiger partial charge is 0.463 e. The van der Waals surface area contributed by atoms with Gasteiger partial charge in [-0.05, 0) is 24.6 Å². The molecule has 5 atom stereocenters. The summed E-state index contributed by atoms with van der Waals surface area (Å²) in [5.74, 6) is -2.15. The smallest absolute Gasteiger partial charge is 0.336 e. The summed E-state index contributed by atoms with van der Waals surface area (Å²) in [7, 11) is 0. The first-order chi connectivity index (χ1) is 15.5. The average molecular weight is 466 g/mol. The number of hydrogen-bond donors (Lipinski definition) is 0. The predicted octanol–water partition coefficient (Wildman–Crippen LogP) is 1.97. The zero-order valence-electron chi connectivity index (χ0n) is 18.4. The van der Waals surface area contributed by atoms with Gasteiger partial charge in [0.2, 0.25) is 6.29 Å². The number of ether oxygens (including phenoxy) is 5. The molecular formula is C22H23FO10. The fourth-order valence-electron chi connectivity index (χ4n) is 3.46. The average Bonchev–Trinajstić information content (AvgIpc) is 2.70. The number of alkyl halides is 1. The fraction of sp³-hybridized carbons (Fsp3) is 0.455. The topological polar surface area (TPSA) is 128 Å². The van der Waals surface area contributed by atoms with Gasteiger partial charge in [-0.2, -0.15) is 0 Å². The molecule has 0 spiro atoms. The summed E-state index contributed by atoms with van der Waals surface area (Å²) in [4.78, 5) is 46.0. The van der Waals surface area contributed by atoms with Crippen molar-refractivity contribution >= 4 is 28.9 Å². The summed E-state index contributed by atoms with van der Waals surface area (Å²) in [6, 6.07) is 5.92. The molecule has 1 fully saturated rings. The molecule has 10 nitrogen and oxygen atoms in total. The molecule has 11 heteroatoms. The molecule has 0 saturated carbocycles. The van der Waals surface area contributed by atoms with Crippen LogP contribution in [0.4, 0.5) is 4.39 Å². The third-order valence-electron chi connectivity index (χ3n) is 4.80. The molecule has 3 rings (SSSR count). The molecule has 178 valence electrons. The van der Waals surface area contributed by atoms with Crippen molar-refractivity contribution < 1.29 is 46.9 Å². The maximum atomic E-state index is 15.4. The van der Waals surface area contributed by atoms with Gasteiger partial charge in [-0.1, -0.05) is 0 Å². The highest BCUT2D eigenvalue weighted by molar-refractivity contribution is 5.81. The number of rotatable bonds is 6. The molecule has 0 bridgehead atoms. The lowest BCUT2D eigenvalue weighted by Gasteiger charge is -2.41.